The molecule has 1 aliphatic rings. The highest BCUT2D eigenvalue weighted by molar-refractivity contribution is 5.93. The van der Waals surface area contributed by atoms with E-state index in [4.69, 9.17) is 9.15 Å². The fraction of sp³-hybridized carbons (Fsp3) is 0.286. The standard InChI is InChI=1S/C21H23N5O3/c1-3-28-14-26(17-7-5-4-6-15(17)2)21-24-13-18(29-21)16-8-9-22-19(12-16)25-11-10-23-20(25)27/h4-9,12-13H,3,10-11,14H2,1-2H3,(H,23,27). The first-order chi connectivity index (χ1) is 14.2. The number of oxazole rings is 1. The lowest BCUT2D eigenvalue weighted by Crippen LogP contribution is -2.28. The van der Waals surface area contributed by atoms with Crippen LogP contribution in [0, 0.1) is 6.92 Å². The summed E-state index contributed by atoms with van der Waals surface area (Å²) in [5.41, 5.74) is 2.87. The fourth-order valence-corrected chi connectivity index (χ4v) is 3.21. The van der Waals surface area contributed by atoms with Gasteiger partial charge in [0.2, 0.25) is 0 Å². The maximum atomic E-state index is 11.9. The van der Waals surface area contributed by atoms with E-state index in [1.165, 1.54) is 0 Å². The predicted octanol–water partition coefficient (Wildman–Crippen LogP) is 3.71. The molecule has 2 amide bonds. The lowest BCUT2D eigenvalue weighted by molar-refractivity contribution is 0.151. The number of amides is 2. The quantitative estimate of drug-likeness (QED) is 0.616. The summed E-state index contributed by atoms with van der Waals surface area (Å²) in [4.78, 5) is 24.2. The fourth-order valence-electron chi connectivity index (χ4n) is 3.21. The van der Waals surface area contributed by atoms with Crippen LogP contribution in [0.2, 0.25) is 0 Å². The number of anilines is 3. The zero-order chi connectivity index (χ0) is 20.2. The van der Waals surface area contributed by atoms with Gasteiger partial charge in [0.1, 0.15) is 12.5 Å². The van der Waals surface area contributed by atoms with E-state index in [1.807, 2.05) is 55.1 Å². The third kappa shape index (κ3) is 3.93. The largest absolute Gasteiger partial charge is 0.423 e. The lowest BCUT2D eigenvalue weighted by Gasteiger charge is -2.22. The third-order valence-corrected chi connectivity index (χ3v) is 4.72. The highest BCUT2D eigenvalue weighted by atomic mass is 16.5. The maximum Gasteiger partial charge on any atom is 0.323 e. The van der Waals surface area contributed by atoms with Crippen molar-refractivity contribution in [2.24, 2.45) is 0 Å². The molecule has 3 aromatic rings. The number of benzene rings is 1. The molecule has 8 heteroatoms. The summed E-state index contributed by atoms with van der Waals surface area (Å²) in [7, 11) is 0. The van der Waals surface area contributed by atoms with Gasteiger partial charge in [0, 0.05) is 31.5 Å². The van der Waals surface area contributed by atoms with Crippen molar-refractivity contribution < 1.29 is 13.9 Å². The molecule has 0 unspecified atom stereocenters. The van der Waals surface area contributed by atoms with Crippen LogP contribution in [0.3, 0.4) is 0 Å². The molecule has 0 radical (unpaired) electrons. The average Bonchev–Trinajstić information content (AvgIpc) is 3.39. The Morgan fingerprint density at radius 3 is 2.90 bits per heavy atom. The Morgan fingerprint density at radius 1 is 1.28 bits per heavy atom. The third-order valence-electron chi connectivity index (χ3n) is 4.72. The monoisotopic (exact) mass is 393 g/mol. The number of carbonyl (C=O) groups is 1. The molecule has 3 heterocycles. The highest BCUT2D eigenvalue weighted by Crippen LogP contribution is 2.32. The number of hydrogen-bond acceptors (Lipinski definition) is 6. The molecule has 1 aromatic carbocycles. The maximum absolute atomic E-state index is 11.9. The van der Waals surface area contributed by atoms with Crippen LogP contribution in [0.4, 0.5) is 22.3 Å². The summed E-state index contributed by atoms with van der Waals surface area (Å²) >= 11 is 0. The number of aryl methyl sites for hydroxylation is 1. The molecular weight excluding hydrogens is 370 g/mol. The van der Waals surface area contributed by atoms with Crippen molar-refractivity contribution in [3.05, 3.63) is 54.4 Å². The molecule has 1 fully saturated rings. The second-order valence-electron chi connectivity index (χ2n) is 6.63. The van der Waals surface area contributed by atoms with E-state index in [2.05, 4.69) is 15.3 Å². The number of pyridine rings is 1. The van der Waals surface area contributed by atoms with Crippen molar-refractivity contribution in [3.8, 4) is 11.3 Å². The van der Waals surface area contributed by atoms with Crippen LogP contribution >= 0.6 is 0 Å². The normalized spacial score (nSPS) is 13.6. The lowest BCUT2D eigenvalue weighted by atomic mass is 10.2. The Balaban J connectivity index is 1.64. The van der Waals surface area contributed by atoms with Gasteiger partial charge in [-0.15, -0.1) is 0 Å². The highest BCUT2D eigenvalue weighted by Gasteiger charge is 2.23. The SMILES string of the molecule is CCOCN(c1ncc(-c2ccnc(N3CCNC3=O)c2)o1)c1ccccc1C. The molecule has 0 spiro atoms. The smallest absolute Gasteiger partial charge is 0.323 e. The van der Waals surface area contributed by atoms with Crippen molar-refractivity contribution in [3.63, 3.8) is 0 Å². The first kappa shape index (κ1) is 18.9. The topological polar surface area (TPSA) is 83.7 Å². The summed E-state index contributed by atoms with van der Waals surface area (Å²) in [6.07, 6.45) is 3.34. The van der Waals surface area contributed by atoms with Crippen LogP contribution in [0.1, 0.15) is 12.5 Å². The van der Waals surface area contributed by atoms with E-state index < -0.39 is 0 Å². The molecule has 1 N–H and O–H groups in total. The van der Waals surface area contributed by atoms with Gasteiger partial charge in [-0.1, -0.05) is 18.2 Å². The Bertz CT molecular complexity index is 1000. The van der Waals surface area contributed by atoms with Crippen molar-refractivity contribution in [1.82, 2.24) is 15.3 Å². The van der Waals surface area contributed by atoms with E-state index in [0.717, 1.165) is 16.8 Å². The zero-order valence-electron chi connectivity index (χ0n) is 16.5. The van der Waals surface area contributed by atoms with Crippen LogP contribution in [-0.2, 0) is 4.74 Å². The van der Waals surface area contributed by atoms with Crippen LogP contribution in [0.5, 0.6) is 0 Å². The molecular formula is C21H23N5O3. The van der Waals surface area contributed by atoms with Crippen molar-refractivity contribution in [2.45, 2.75) is 13.8 Å². The zero-order valence-corrected chi connectivity index (χ0v) is 16.5. The van der Waals surface area contributed by atoms with Gasteiger partial charge in [0.25, 0.3) is 0 Å². The molecule has 0 saturated carbocycles. The van der Waals surface area contributed by atoms with Gasteiger partial charge in [0.15, 0.2) is 5.76 Å². The summed E-state index contributed by atoms with van der Waals surface area (Å²) in [6, 6.07) is 12.0. The van der Waals surface area contributed by atoms with E-state index in [0.29, 0.717) is 44.0 Å². The summed E-state index contributed by atoms with van der Waals surface area (Å²) < 4.78 is 11.7. The van der Waals surface area contributed by atoms with Crippen molar-refractivity contribution in [1.29, 1.82) is 0 Å². The first-order valence-electron chi connectivity index (χ1n) is 9.56. The minimum atomic E-state index is -0.143. The van der Waals surface area contributed by atoms with Crippen LogP contribution < -0.4 is 15.1 Å². The van der Waals surface area contributed by atoms with Crippen molar-refractivity contribution >= 4 is 23.6 Å². The van der Waals surface area contributed by atoms with Crippen LogP contribution in [0.25, 0.3) is 11.3 Å². The van der Waals surface area contributed by atoms with E-state index in [9.17, 15) is 4.79 Å². The van der Waals surface area contributed by atoms with E-state index >= 15 is 0 Å². The molecule has 1 aliphatic heterocycles. The molecule has 0 atom stereocenters. The number of urea groups is 1. The number of aromatic nitrogens is 2. The molecule has 150 valence electrons. The molecule has 2 aromatic heterocycles. The molecule has 0 bridgehead atoms. The summed E-state index contributed by atoms with van der Waals surface area (Å²) in [5, 5.41) is 2.78. The minimum absolute atomic E-state index is 0.143. The summed E-state index contributed by atoms with van der Waals surface area (Å²) in [6.45, 7) is 6.10. The minimum Gasteiger partial charge on any atom is -0.423 e. The Hall–Kier alpha value is -3.39. The van der Waals surface area contributed by atoms with Crippen LogP contribution in [-0.4, -0.2) is 42.4 Å². The number of hydrogen-bond donors (Lipinski definition) is 1. The van der Waals surface area contributed by atoms with E-state index in [1.54, 1.807) is 17.3 Å². The Kier molecular flexibility index (Phi) is 5.44. The number of para-hydroxylation sites is 1. The number of ether oxygens (including phenoxy) is 1. The predicted molar refractivity (Wildman–Crippen MR) is 110 cm³/mol. The van der Waals surface area contributed by atoms with Gasteiger partial charge in [-0.05, 0) is 37.6 Å². The number of rotatable bonds is 7. The van der Waals surface area contributed by atoms with Gasteiger partial charge in [0.05, 0.1) is 11.9 Å². The number of nitrogens with zero attached hydrogens (tertiary/aromatic N) is 4. The Morgan fingerprint density at radius 2 is 2.14 bits per heavy atom. The number of nitrogens with one attached hydrogen (secondary N) is 1. The number of carbonyl (C=O) groups excluding carboxylic acids is 1. The second kappa shape index (κ2) is 8.32. The first-order valence-corrected chi connectivity index (χ1v) is 9.56. The molecule has 1 saturated heterocycles. The van der Waals surface area contributed by atoms with Gasteiger partial charge in [-0.25, -0.2) is 14.8 Å². The molecule has 29 heavy (non-hydrogen) atoms. The summed E-state index contributed by atoms with van der Waals surface area (Å²) in [5.74, 6) is 1.18. The molecule has 4 rings (SSSR count). The Labute approximate surface area is 169 Å². The van der Waals surface area contributed by atoms with E-state index in [-0.39, 0.29) is 6.03 Å². The van der Waals surface area contributed by atoms with Gasteiger partial charge in [-0.3, -0.25) is 9.80 Å². The molecule has 8 nitrogen and oxygen atoms in total. The van der Waals surface area contributed by atoms with Gasteiger partial charge in [-0.2, -0.15) is 0 Å². The van der Waals surface area contributed by atoms with Gasteiger partial charge < -0.3 is 14.5 Å². The molecule has 0 aliphatic carbocycles. The van der Waals surface area contributed by atoms with Crippen LogP contribution in [0.15, 0.2) is 53.2 Å². The second-order valence-corrected chi connectivity index (χ2v) is 6.63. The average molecular weight is 393 g/mol. The van der Waals surface area contributed by atoms with Crippen molar-refractivity contribution in [2.75, 3.05) is 36.2 Å². The van der Waals surface area contributed by atoms with Gasteiger partial charge >= 0.3 is 12.0 Å².